The Morgan fingerprint density at radius 1 is 1.00 bits per heavy atom. The molecule has 1 aromatic heterocycles. The van der Waals surface area contributed by atoms with Crippen molar-refractivity contribution >= 4 is 11.7 Å². The van der Waals surface area contributed by atoms with Gasteiger partial charge in [-0.15, -0.1) is 0 Å². The number of carbonyl (C=O) groups is 1. The third-order valence-electron chi connectivity index (χ3n) is 4.85. The number of nitrogens with zero attached hydrogens (tertiary/aromatic N) is 4. The summed E-state index contributed by atoms with van der Waals surface area (Å²) in [6.45, 7) is 3.52. The number of hydrogen-bond acceptors (Lipinski definition) is 4. The Morgan fingerprint density at radius 2 is 1.61 bits per heavy atom. The topological polar surface area (TPSA) is 39.7 Å². The molecule has 1 amide bonds. The smallest absolute Gasteiger partial charge is 0.354 e. The zero-order valence-corrected chi connectivity index (χ0v) is 15.9. The van der Waals surface area contributed by atoms with E-state index in [4.69, 9.17) is 0 Å². The number of benzene rings is 1. The minimum absolute atomic E-state index is 0.0902. The van der Waals surface area contributed by atoms with Crippen LogP contribution in [0.1, 0.15) is 5.56 Å². The minimum Gasteiger partial charge on any atom is -0.354 e. The van der Waals surface area contributed by atoms with Crippen molar-refractivity contribution in [2.24, 2.45) is 0 Å². The summed E-state index contributed by atoms with van der Waals surface area (Å²) in [6.07, 6.45) is -2.65. The van der Waals surface area contributed by atoms with Crippen LogP contribution in [0.5, 0.6) is 0 Å². The van der Waals surface area contributed by atoms with E-state index >= 15 is 0 Å². The number of rotatable bonds is 4. The number of aromatic nitrogens is 1. The number of amides is 1. The lowest BCUT2D eigenvalue weighted by Gasteiger charge is -2.35. The van der Waals surface area contributed by atoms with Crippen molar-refractivity contribution in [1.29, 1.82) is 0 Å². The van der Waals surface area contributed by atoms with Gasteiger partial charge in [0.25, 0.3) is 0 Å². The fourth-order valence-corrected chi connectivity index (χ4v) is 3.06. The molecule has 8 heteroatoms. The zero-order chi connectivity index (χ0) is 20.3. The van der Waals surface area contributed by atoms with E-state index in [9.17, 15) is 18.0 Å². The highest BCUT2D eigenvalue weighted by Gasteiger charge is 2.30. The van der Waals surface area contributed by atoms with Crippen molar-refractivity contribution in [2.75, 3.05) is 51.7 Å². The summed E-state index contributed by atoms with van der Waals surface area (Å²) in [5.41, 5.74) is 0.804. The molecule has 1 aromatic carbocycles. The highest BCUT2D eigenvalue weighted by atomic mass is 19.4. The van der Waals surface area contributed by atoms with Gasteiger partial charge in [-0.25, -0.2) is 4.98 Å². The summed E-state index contributed by atoms with van der Waals surface area (Å²) in [6, 6.07) is 8.83. The van der Waals surface area contributed by atoms with Gasteiger partial charge in [0.2, 0.25) is 5.91 Å². The molecule has 0 N–H and O–H groups in total. The Labute approximate surface area is 162 Å². The number of halogens is 3. The Balaban J connectivity index is 1.60. The minimum atomic E-state index is -4.33. The summed E-state index contributed by atoms with van der Waals surface area (Å²) < 4.78 is 38.0. The zero-order valence-electron chi connectivity index (χ0n) is 15.9. The summed E-state index contributed by atoms with van der Waals surface area (Å²) in [7, 11) is 3.50. The fraction of sp³-hybridized carbons (Fsp3) is 0.400. The van der Waals surface area contributed by atoms with E-state index in [2.05, 4.69) is 14.8 Å². The van der Waals surface area contributed by atoms with E-state index in [1.807, 2.05) is 12.1 Å². The fourth-order valence-electron chi connectivity index (χ4n) is 3.06. The third-order valence-corrected chi connectivity index (χ3v) is 4.85. The number of likely N-dealkylation sites (N-methyl/N-ethyl adjacent to an activating group) is 1. The first-order valence-corrected chi connectivity index (χ1v) is 9.05. The molecule has 2 heterocycles. The van der Waals surface area contributed by atoms with E-state index in [-0.39, 0.29) is 5.91 Å². The second-order valence-electron chi connectivity index (χ2n) is 7.03. The van der Waals surface area contributed by atoms with Gasteiger partial charge in [0.1, 0.15) is 5.82 Å². The highest BCUT2D eigenvalue weighted by Crippen LogP contribution is 2.31. The average Bonchev–Trinajstić information content (AvgIpc) is 2.68. The van der Waals surface area contributed by atoms with E-state index in [1.165, 1.54) is 12.1 Å². The highest BCUT2D eigenvalue weighted by molar-refractivity contribution is 5.77. The van der Waals surface area contributed by atoms with Gasteiger partial charge in [0.05, 0.1) is 12.1 Å². The molecule has 0 atom stereocenters. The van der Waals surface area contributed by atoms with Crippen LogP contribution >= 0.6 is 0 Å². The van der Waals surface area contributed by atoms with Gasteiger partial charge in [-0.05, 0) is 29.8 Å². The van der Waals surface area contributed by atoms with Gasteiger partial charge < -0.3 is 9.80 Å². The largest absolute Gasteiger partial charge is 0.416 e. The second kappa shape index (κ2) is 8.18. The molecule has 1 aliphatic heterocycles. The van der Waals surface area contributed by atoms with Crippen LogP contribution in [0.15, 0.2) is 42.6 Å². The van der Waals surface area contributed by atoms with Gasteiger partial charge in [-0.1, -0.05) is 12.1 Å². The lowest BCUT2D eigenvalue weighted by Crippen LogP contribution is -2.49. The number of alkyl halides is 3. The summed E-state index contributed by atoms with van der Waals surface area (Å²) in [5.74, 6) is 0.918. The molecule has 2 aromatic rings. The third kappa shape index (κ3) is 4.81. The average molecular weight is 392 g/mol. The number of pyridine rings is 1. The molecular weight excluding hydrogens is 369 g/mol. The molecule has 0 bridgehead atoms. The van der Waals surface area contributed by atoms with Crippen LogP contribution in [0.2, 0.25) is 0 Å². The number of hydrogen-bond donors (Lipinski definition) is 0. The van der Waals surface area contributed by atoms with E-state index in [0.717, 1.165) is 49.7 Å². The molecule has 1 saturated heterocycles. The molecule has 1 aliphatic rings. The van der Waals surface area contributed by atoms with Gasteiger partial charge >= 0.3 is 6.18 Å². The monoisotopic (exact) mass is 392 g/mol. The number of anilines is 1. The first kappa shape index (κ1) is 20.1. The van der Waals surface area contributed by atoms with Crippen LogP contribution in [0.3, 0.4) is 0 Å². The van der Waals surface area contributed by atoms with Crippen molar-refractivity contribution < 1.29 is 18.0 Å². The van der Waals surface area contributed by atoms with E-state index < -0.39 is 11.7 Å². The Bertz CT molecular complexity index is 796. The Kier molecular flexibility index (Phi) is 5.88. The molecule has 5 nitrogen and oxygen atoms in total. The molecule has 3 rings (SSSR count). The van der Waals surface area contributed by atoms with Crippen molar-refractivity contribution in [2.45, 2.75) is 6.18 Å². The van der Waals surface area contributed by atoms with Crippen LogP contribution < -0.4 is 4.90 Å². The Hall–Kier alpha value is -2.61. The van der Waals surface area contributed by atoms with Crippen LogP contribution in [-0.2, 0) is 11.0 Å². The molecule has 0 aliphatic carbocycles. The van der Waals surface area contributed by atoms with Gasteiger partial charge in [-0.3, -0.25) is 9.69 Å². The second-order valence-corrected chi connectivity index (χ2v) is 7.03. The van der Waals surface area contributed by atoms with Gasteiger partial charge in [-0.2, -0.15) is 13.2 Å². The van der Waals surface area contributed by atoms with Gasteiger partial charge in [0.15, 0.2) is 0 Å². The Morgan fingerprint density at radius 3 is 2.11 bits per heavy atom. The van der Waals surface area contributed by atoms with E-state index in [1.54, 1.807) is 25.2 Å². The van der Waals surface area contributed by atoms with Crippen LogP contribution in [0, 0.1) is 0 Å². The van der Waals surface area contributed by atoms with Gasteiger partial charge in [0, 0.05) is 52.0 Å². The standard InChI is InChI=1S/C20H23F3N4O/c1-25(2)19(28)14-26-9-11-27(12-10-26)18-8-5-16(13-24-18)15-3-6-17(7-4-15)20(21,22)23/h3-8,13H,9-12,14H2,1-2H3. The summed E-state index contributed by atoms with van der Waals surface area (Å²) >= 11 is 0. The normalized spacial score (nSPS) is 15.5. The predicted octanol–water partition coefficient (Wildman–Crippen LogP) is 2.98. The van der Waals surface area contributed by atoms with Crippen molar-refractivity contribution in [3.8, 4) is 11.1 Å². The number of piperazine rings is 1. The SMILES string of the molecule is CN(C)C(=O)CN1CCN(c2ccc(-c3ccc(C(F)(F)F)cc3)cn2)CC1. The molecule has 0 unspecified atom stereocenters. The maximum atomic E-state index is 12.7. The maximum absolute atomic E-state index is 12.7. The molecule has 0 spiro atoms. The first-order chi connectivity index (χ1) is 13.2. The van der Waals surface area contributed by atoms with Crippen molar-refractivity contribution in [1.82, 2.24) is 14.8 Å². The maximum Gasteiger partial charge on any atom is 0.416 e. The summed E-state index contributed by atoms with van der Waals surface area (Å²) in [4.78, 5) is 22.1. The number of carbonyl (C=O) groups excluding carboxylic acids is 1. The molecule has 0 saturated carbocycles. The van der Waals surface area contributed by atoms with Crippen molar-refractivity contribution in [3.05, 3.63) is 48.2 Å². The van der Waals surface area contributed by atoms with Crippen molar-refractivity contribution in [3.63, 3.8) is 0 Å². The predicted molar refractivity (Wildman–Crippen MR) is 102 cm³/mol. The lowest BCUT2D eigenvalue weighted by atomic mass is 10.1. The quantitative estimate of drug-likeness (QED) is 0.802. The van der Waals surface area contributed by atoms with Crippen LogP contribution in [0.25, 0.3) is 11.1 Å². The first-order valence-electron chi connectivity index (χ1n) is 9.05. The molecule has 0 radical (unpaired) electrons. The van der Waals surface area contributed by atoms with Crippen LogP contribution in [0.4, 0.5) is 19.0 Å². The van der Waals surface area contributed by atoms with Crippen LogP contribution in [-0.4, -0.2) is 67.5 Å². The molecular formula is C20H23F3N4O. The lowest BCUT2D eigenvalue weighted by molar-refractivity contribution is -0.137. The molecule has 28 heavy (non-hydrogen) atoms. The molecule has 1 fully saturated rings. The van der Waals surface area contributed by atoms with E-state index in [0.29, 0.717) is 12.1 Å². The summed E-state index contributed by atoms with van der Waals surface area (Å²) in [5, 5.41) is 0. The molecule has 150 valence electrons.